The number of rotatable bonds is 6. The van der Waals surface area contributed by atoms with E-state index in [-0.39, 0.29) is 28.9 Å². The smallest absolute Gasteiger partial charge is 0.410 e. The molecule has 2 aliphatic heterocycles. The molecule has 2 amide bonds. The van der Waals surface area contributed by atoms with E-state index >= 15 is 0 Å². The van der Waals surface area contributed by atoms with Crippen molar-refractivity contribution in [2.75, 3.05) is 30.5 Å². The number of carboxylic acid groups (broad SMARTS) is 1. The van der Waals surface area contributed by atoms with Gasteiger partial charge in [0.2, 0.25) is 0 Å². The molecule has 2 aromatic rings. The van der Waals surface area contributed by atoms with Crippen LogP contribution >= 0.6 is 0 Å². The molecule has 0 spiro atoms. The van der Waals surface area contributed by atoms with E-state index in [2.05, 4.69) is 6.07 Å². The standard InChI is InChI=1S/C29H37N3O6S/c1-29(2,3)38-28(35)31(19-20-11-14-30(15-12-20)27(33)34)26-18-24(26)21-9-10-25-22(17-21)13-16-32(25)39(36,37)23-7-5-4-6-8-23/h4-10,17,20,24,26H,11-16,18-19H2,1-3H3,(H,33,34). The quantitative estimate of drug-likeness (QED) is 0.542. The van der Waals surface area contributed by atoms with Crippen LogP contribution in [0, 0.1) is 5.92 Å². The van der Waals surface area contributed by atoms with Crippen molar-refractivity contribution >= 4 is 27.9 Å². The maximum absolute atomic E-state index is 13.3. The number of carbonyl (C=O) groups is 2. The Bertz CT molecular complexity index is 1330. The number of hydrogen-bond acceptors (Lipinski definition) is 5. The van der Waals surface area contributed by atoms with Gasteiger partial charge in [0.25, 0.3) is 10.0 Å². The number of amides is 2. The van der Waals surface area contributed by atoms with Crippen molar-refractivity contribution in [3.05, 3.63) is 59.7 Å². The Morgan fingerprint density at radius 3 is 2.38 bits per heavy atom. The predicted octanol–water partition coefficient (Wildman–Crippen LogP) is 4.92. The summed E-state index contributed by atoms with van der Waals surface area (Å²) >= 11 is 0. The average Bonchev–Trinajstić information content (AvgIpc) is 3.56. The molecule has 10 heteroatoms. The summed E-state index contributed by atoms with van der Waals surface area (Å²) in [5, 5.41) is 9.27. The third-order valence-corrected chi connectivity index (χ3v) is 9.67. The number of anilines is 1. The summed E-state index contributed by atoms with van der Waals surface area (Å²) in [6.07, 6.45) is 1.66. The lowest BCUT2D eigenvalue weighted by atomic mass is 9.96. The minimum absolute atomic E-state index is 0.000890. The lowest BCUT2D eigenvalue weighted by Crippen LogP contribution is -2.45. The molecule has 0 radical (unpaired) electrons. The molecule has 39 heavy (non-hydrogen) atoms. The van der Waals surface area contributed by atoms with Crippen LogP contribution in [0.2, 0.25) is 0 Å². The molecule has 2 fully saturated rings. The molecule has 1 saturated carbocycles. The fraction of sp³-hybridized carbons (Fsp3) is 0.517. The van der Waals surface area contributed by atoms with Crippen molar-refractivity contribution in [3.8, 4) is 0 Å². The van der Waals surface area contributed by atoms with Gasteiger partial charge in [-0.1, -0.05) is 30.3 Å². The number of ether oxygens (including phenoxy) is 1. The summed E-state index contributed by atoms with van der Waals surface area (Å²) in [6.45, 7) is 7.46. The van der Waals surface area contributed by atoms with Crippen LogP contribution in [-0.4, -0.2) is 73.3 Å². The zero-order chi connectivity index (χ0) is 27.9. The summed E-state index contributed by atoms with van der Waals surface area (Å²) in [5.74, 6) is 0.368. The van der Waals surface area contributed by atoms with Gasteiger partial charge in [0, 0.05) is 38.1 Å². The first-order valence-corrected chi connectivity index (χ1v) is 15.1. The van der Waals surface area contributed by atoms with E-state index in [9.17, 15) is 23.1 Å². The van der Waals surface area contributed by atoms with Crippen LogP contribution in [0.5, 0.6) is 0 Å². The highest BCUT2D eigenvalue weighted by molar-refractivity contribution is 7.92. The molecule has 1 aliphatic carbocycles. The Hall–Kier alpha value is -3.27. The van der Waals surface area contributed by atoms with Gasteiger partial charge in [-0.25, -0.2) is 18.0 Å². The second-order valence-electron chi connectivity index (χ2n) is 11.8. The Labute approximate surface area is 230 Å². The Balaban J connectivity index is 1.31. The number of sulfonamides is 1. The maximum atomic E-state index is 13.3. The Morgan fingerprint density at radius 2 is 1.74 bits per heavy atom. The summed E-state index contributed by atoms with van der Waals surface area (Å²) in [6, 6.07) is 14.5. The van der Waals surface area contributed by atoms with E-state index in [1.165, 1.54) is 9.21 Å². The van der Waals surface area contributed by atoms with E-state index in [1.807, 2.05) is 37.8 Å². The molecule has 0 bridgehead atoms. The minimum Gasteiger partial charge on any atom is -0.465 e. The number of piperidine rings is 1. The number of nitrogens with zero attached hydrogens (tertiary/aromatic N) is 3. The van der Waals surface area contributed by atoms with Gasteiger partial charge < -0.3 is 19.6 Å². The number of carbonyl (C=O) groups excluding carboxylic acids is 1. The number of hydrogen-bond donors (Lipinski definition) is 1. The molecule has 5 rings (SSSR count). The van der Waals surface area contributed by atoms with Gasteiger partial charge in [0.05, 0.1) is 10.6 Å². The van der Waals surface area contributed by atoms with Crippen LogP contribution in [-0.2, 0) is 21.2 Å². The molecule has 210 valence electrons. The molecule has 2 heterocycles. The lowest BCUT2D eigenvalue weighted by Gasteiger charge is -2.34. The highest BCUT2D eigenvalue weighted by atomic mass is 32.2. The van der Waals surface area contributed by atoms with Crippen molar-refractivity contribution < 1.29 is 27.9 Å². The van der Waals surface area contributed by atoms with E-state index in [4.69, 9.17) is 4.74 Å². The van der Waals surface area contributed by atoms with Crippen molar-refractivity contribution in [3.63, 3.8) is 0 Å². The van der Waals surface area contributed by atoms with Crippen molar-refractivity contribution in [2.24, 2.45) is 5.92 Å². The van der Waals surface area contributed by atoms with Gasteiger partial charge >= 0.3 is 12.2 Å². The third-order valence-electron chi connectivity index (χ3n) is 7.84. The zero-order valence-electron chi connectivity index (χ0n) is 22.7. The van der Waals surface area contributed by atoms with Gasteiger partial charge in [0.15, 0.2) is 0 Å². The SMILES string of the molecule is CC(C)(C)OC(=O)N(CC1CCN(C(=O)O)CC1)C1CC1c1ccc2c(c1)CCN2S(=O)(=O)c1ccccc1. The fourth-order valence-corrected chi connectivity index (χ4v) is 7.25. The lowest BCUT2D eigenvalue weighted by molar-refractivity contribution is 0.0171. The maximum Gasteiger partial charge on any atom is 0.410 e. The summed E-state index contributed by atoms with van der Waals surface area (Å²) in [4.78, 5) is 28.1. The summed E-state index contributed by atoms with van der Waals surface area (Å²) < 4.78 is 33.7. The summed E-state index contributed by atoms with van der Waals surface area (Å²) in [7, 11) is -3.62. The first-order valence-electron chi connectivity index (χ1n) is 13.6. The molecule has 2 atom stereocenters. The van der Waals surface area contributed by atoms with Crippen LogP contribution in [0.1, 0.15) is 57.1 Å². The van der Waals surface area contributed by atoms with Crippen LogP contribution in [0.4, 0.5) is 15.3 Å². The molecular formula is C29H37N3O6S. The van der Waals surface area contributed by atoms with Crippen LogP contribution in [0.3, 0.4) is 0 Å². The normalized spacial score (nSPS) is 21.4. The van der Waals surface area contributed by atoms with Gasteiger partial charge in [-0.3, -0.25) is 4.31 Å². The largest absolute Gasteiger partial charge is 0.465 e. The van der Waals surface area contributed by atoms with E-state index in [0.29, 0.717) is 51.1 Å². The number of benzene rings is 2. The second kappa shape index (κ2) is 10.4. The molecule has 2 unspecified atom stereocenters. The number of fused-ring (bicyclic) bond motifs is 1. The van der Waals surface area contributed by atoms with Crippen molar-refractivity contribution in [1.82, 2.24) is 9.80 Å². The molecule has 3 aliphatic rings. The van der Waals surface area contributed by atoms with Crippen LogP contribution in [0.25, 0.3) is 0 Å². The predicted molar refractivity (Wildman–Crippen MR) is 148 cm³/mol. The zero-order valence-corrected chi connectivity index (χ0v) is 23.6. The molecule has 1 N–H and O–H groups in total. The van der Waals surface area contributed by atoms with Crippen LogP contribution in [0.15, 0.2) is 53.4 Å². The highest BCUT2D eigenvalue weighted by Gasteiger charge is 2.47. The first-order chi connectivity index (χ1) is 18.4. The second-order valence-corrected chi connectivity index (χ2v) is 13.6. The van der Waals surface area contributed by atoms with Crippen molar-refractivity contribution in [1.29, 1.82) is 0 Å². The third kappa shape index (κ3) is 5.85. The molecule has 9 nitrogen and oxygen atoms in total. The van der Waals surface area contributed by atoms with E-state index in [0.717, 1.165) is 17.5 Å². The topological polar surface area (TPSA) is 107 Å². The van der Waals surface area contributed by atoms with E-state index < -0.39 is 21.7 Å². The van der Waals surface area contributed by atoms with Gasteiger partial charge in [-0.2, -0.15) is 0 Å². The Morgan fingerprint density at radius 1 is 1.05 bits per heavy atom. The Kier molecular flexibility index (Phi) is 7.26. The van der Waals surface area contributed by atoms with Gasteiger partial charge in [-0.15, -0.1) is 0 Å². The highest BCUT2D eigenvalue weighted by Crippen LogP contribution is 2.47. The minimum atomic E-state index is -3.62. The van der Waals surface area contributed by atoms with Gasteiger partial charge in [-0.05, 0) is 81.7 Å². The molecule has 2 aromatic carbocycles. The van der Waals surface area contributed by atoms with E-state index in [1.54, 1.807) is 30.3 Å². The van der Waals surface area contributed by atoms with Gasteiger partial charge in [0.1, 0.15) is 5.60 Å². The number of likely N-dealkylation sites (tertiary alicyclic amines) is 1. The molecule has 0 aromatic heterocycles. The fourth-order valence-electron chi connectivity index (χ4n) is 5.73. The monoisotopic (exact) mass is 555 g/mol. The summed E-state index contributed by atoms with van der Waals surface area (Å²) in [5.41, 5.74) is 2.21. The molecule has 1 saturated heterocycles. The van der Waals surface area contributed by atoms with Crippen LogP contribution < -0.4 is 4.31 Å². The average molecular weight is 556 g/mol. The van der Waals surface area contributed by atoms with Crippen molar-refractivity contribution in [2.45, 2.75) is 68.9 Å². The first kappa shape index (κ1) is 27.3. The molecular weight excluding hydrogens is 518 g/mol.